The Balaban J connectivity index is 1.68. The molecule has 1 aromatic rings. The molecule has 0 bridgehead atoms. The Morgan fingerprint density at radius 2 is 1.92 bits per heavy atom. The summed E-state index contributed by atoms with van der Waals surface area (Å²) in [5, 5.41) is 8.38. The average molecular weight is 327 g/mol. The van der Waals surface area contributed by atoms with Crippen LogP contribution < -0.4 is 0 Å². The van der Waals surface area contributed by atoms with Gasteiger partial charge in [0.05, 0.1) is 11.6 Å². The smallest absolute Gasteiger partial charge is 0.338 e. The highest BCUT2D eigenvalue weighted by Crippen LogP contribution is 2.30. The number of benzene rings is 1. The van der Waals surface area contributed by atoms with E-state index in [4.69, 9.17) is 10.00 Å². The molecule has 0 atom stereocenters. The van der Waals surface area contributed by atoms with Crippen molar-refractivity contribution in [3.8, 4) is 6.07 Å². The van der Waals surface area contributed by atoms with Crippen molar-refractivity contribution in [1.82, 2.24) is 0 Å². The molecule has 1 fully saturated rings. The van der Waals surface area contributed by atoms with Crippen molar-refractivity contribution < 1.29 is 13.9 Å². The molecule has 0 N–H and O–H groups in total. The summed E-state index contributed by atoms with van der Waals surface area (Å²) in [5.41, 5.74) is 0.397. The van der Waals surface area contributed by atoms with Crippen LogP contribution in [0.15, 0.2) is 48.6 Å². The number of ether oxygens (including phenoxy) is 1. The van der Waals surface area contributed by atoms with E-state index in [9.17, 15) is 9.18 Å². The van der Waals surface area contributed by atoms with Gasteiger partial charge in [-0.3, -0.25) is 0 Å². The summed E-state index contributed by atoms with van der Waals surface area (Å²) in [4.78, 5) is 12.0. The van der Waals surface area contributed by atoms with Gasteiger partial charge in [0.1, 0.15) is 11.9 Å². The van der Waals surface area contributed by atoms with Crippen molar-refractivity contribution in [2.24, 2.45) is 5.92 Å². The van der Waals surface area contributed by atoms with Gasteiger partial charge in [-0.25, -0.2) is 9.18 Å². The standard InChI is InChI=1S/C20H22FNO2/c21-18-11-9-17(10-12-18)20(23)24-19-13-7-16(8-14-19)6-4-2-1-3-5-15-22/h1-3,5,9-12,16,19H,4,6-8,13-14H2/b2-1+,5-3+/t16-,19-. The number of carbonyl (C=O) groups is 1. The topological polar surface area (TPSA) is 50.1 Å². The number of nitriles is 1. The first kappa shape index (κ1) is 17.9. The van der Waals surface area contributed by atoms with Crippen LogP contribution in [0.5, 0.6) is 0 Å². The third kappa shape index (κ3) is 6.00. The summed E-state index contributed by atoms with van der Waals surface area (Å²) in [6, 6.07) is 7.40. The Morgan fingerprint density at radius 3 is 2.58 bits per heavy atom. The van der Waals surface area contributed by atoms with E-state index in [1.165, 1.54) is 30.3 Å². The van der Waals surface area contributed by atoms with Crippen LogP contribution in [0, 0.1) is 23.1 Å². The summed E-state index contributed by atoms with van der Waals surface area (Å²) >= 11 is 0. The van der Waals surface area contributed by atoms with Crippen molar-refractivity contribution in [2.45, 2.75) is 44.6 Å². The molecule has 24 heavy (non-hydrogen) atoms. The van der Waals surface area contributed by atoms with Crippen LogP contribution in [-0.2, 0) is 4.74 Å². The van der Waals surface area contributed by atoms with Gasteiger partial charge in [-0.05, 0) is 68.7 Å². The molecule has 0 spiro atoms. The Bertz CT molecular complexity index is 620. The number of carbonyl (C=O) groups excluding carboxylic acids is 1. The zero-order valence-electron chi connectivity index (χ0n) is 13.7. The monoisotopic (exact) mass is 327 g/mol. The summed E-state index contributed by atoms with van der Waals surface area (Å²) < 4.78 is 18.4. The van der Waals surface area contributed by atoms with Crippen LogP contribution in [0.4, 0.5) is 4.39 Å². The lowest BCUT2D eigenvalue weighted by molar-refractivity contribution is 0.0162. The van der Waals surface area contributed by atoms with Gasteiger partial charge in [0.15, 0.2) is 0 Å². The van der Waals surface area contributed by atoms with Gasteiger partial charge in [0.25, 0.3) is 0 Å². The third-order valence-corrected chi connectivity index (χ3v) is 4.31. The van der Waals surface area contributed by atoms with E-state index in [0.29, 0.717) is 11.5 Å². The molecule has 1 aliphatic rings. The van der Waals surface area contributed by atoms with Crippen LogP contribution >= 0.6 is 0 Å². The molecule has 0 heterocycles. The maximum Gasteiger partial charge on any atom is 0.338 e. The fourth-order valence-electron chi connectivity index (χ4n) is 2.95. The molecule has 0 aliphatic heterocycles. The lowest BCUT2D eigenvalue weighted by Gasteiger charge is -2.28. The first-order valence-electron chi connectivity index (χ1n) is 8.37. The lowest BCUT2D eigenvalue weighted by atomic mass is 9.84. The molecule has 1 saturated carbocycles. The number of hydrogen-bond donors (Lipinski definition) is 0. The SMILES string of the molecule is N#C/C=C/C=C/CC[C@H]1CC[C@H](OC(=O)c2ccc(F)cc2)CC1. The maximum absolute atomic E-state index is 12.9. The van der Waals surface area contributed by atoms with Crippen molar-refractivity contribution >= 4 is 5.97 Å². The molecule has 0 saturated heterocycles. The van der Waals surface area contributed by atoms with Gasteiger partial charge >= 0.3 is 5.97 Å². The summed E-state index contributed by atoms with van der Waals surface area (Å²) in [7, 11) is 0. The zero-order chi connectivity index (χ0) is 17.2. The minimum Gasteiger partial charge on any atom is -0.459 e. The second-order valence-corrected chi connectivity index (χ2v) is 6.05. The highest BCUT2D eigenvalue weighted by atomic mass is 19.1. The van der Waals surface area contributed by atoms with Gasteiger partial charge in [0.2, 0.25) is 0 Å². The van der Waals surface area contributed by atoms with Crippen molar-refractivity contribution in [2.75, 3.05) is 0 Å². The fourth-order valence-corrected chi connectivity index (χ4v) is 2.95. The van der Waals surface area contributed by atoms with Crippen molar-refractivity contribution in [3.63, 3.8) is 0 Å². The Kier molecular flexibility index (Phi) is 7.22. The van der Waals surface area contributed by atoms with Crippen LogP contribution in [-0.4, -0.2) is 12.1 Å². The van der Waals surface area contributed by atoms with Crippen LogP contribution in [0.1, 0.15) is 48.9 Å². The van der Waals surface area contributed by atoms with Crippen LogP contribution in [0.25, 0.3) is 0 Å². The van der Waals surface area contributed by atoms with Crippen molar-refractivity contribution in [3.05, 3.63) is 60.0 Å². The minimum atomic E-state index is -0.370. The van der Waals surface area contributed by atoms with Gasteiger partial charge < -0.3 is 4.74 Å². The maximum atomic E-state index is 12.9. The molecule has 2 rings (SSSR count). The summed E-state index contributed by atoms with van der Waals surface area (Å²) in [5.74, 6) is -0.0646. The second kappa shape index (κ2) is 9.67. The Morgan fingerprint density at radius 1 is 1.21 bits per heavy atom. The summed E-state index contributed by atoms with van der Waals surface area (Å²) in [6.45, 7) is 0. The molecule has 3 nitrogen and oxygen atoms in total. The fraction of sp³-hybridized carbons (Fsp3) is 0.400. The molecule has 0 amide bonds. The first-order valence-corrected chi connectivity index (χ1v) is 8.37. The molecule has 126 valence electrons. The number of hydrogen-bond acceptors (Lipinski definition) is 3. The van der Waals surface area contributed by atoms with Gasteiger partial charge in [0, 0.05) is 6.08 Å². The quantitative estimate of drug-likeness (QED) is 0.421. The Labute approximate surface area is 142 Å². The van der Waals surface area contributed by atoms with E-state index in [1.807, 2.05) is 12.1 Å². The highest BCUT2D eigenvalue weighted by molar-refractivity contribution is 5.89. The number of nitrogens with zero attached hydrogens (tertiary/aromatic N) is 1. The molecule has 0 unspecified atom stereocenters. The molecule has 4 heteroatoms. The van der Waals surface area contributed by atoms with E-state index in [1.54, 1.807) is 6.08 Å². The molecule has 1 aromatic carbocycles. The summed E-state index contributed by atoms with van der Waals surface area (Å²) in [6.07, 6.45) is 13.2. The van der Waals surface area contributed by atoms with E-state index in [2.05, 4.69) is 6.08 Å². The predicted molar refractivity (Wildman–Crippen MR) is 90.7 cm³/mol. The lowest BCUT2D eigenvalue weighted by Crippen LogP contribution is -2.24. The van der Waals surface area contributed by atoms with E-state index in [-0.39, 0.29) is 17.9 Å². The van der Waals surface area contributed by atoms with E-state index >= 15 is 0 Å². The van der Waals surface area contributed by atoms with E-state index in [0.717, 1.165) is 38.5 Å². The number of halogens is 1. The molecule has 1 aliphatic carbocycles. The second-order valence-electron chi connectivity index (χ2n) is 6.05. The third-order valence-electron chi connectivity index (χ3n) is 4.31. The van der Waals surface area contributed by atoms with Crippen molar-refractivity contribution in [1.29, 1.82) is 5.26 Å². The Hall–Kier alpha value is -2.41. The van der Waals surface area contributed by atoms with Gasteiger partial charge in [-0.1, -0.05) is 18.2 Å². The molecular weight excluding hydrogens is 305 g/mol. The first-order chi connectivity index (χ1) is 11.7. The predicted octanol–water partition coefficient (Wildman–Crippen LogP) is 4.96. The zero-order valence-corrected chi connectivity index (χ0v) is 13.7. The van der Waals surface area contributed by atoms with E-state index < -0.39 is 0 Å². The number of esters is 1. The average Bonchev–Trinajstić information content (AvgIpc) is 2.60. The van der Waals surface area contributed by atoms with Gasteiger partial charge in [-0.15, -0.1) is 0 Å². The largest absolute Gasteiger partial charge is 0.459 e. The van der Waals surface area contributed by atoms with Gasteiger partial charge in [-0.2, -0.15) is 5.26 Å². The highest BCUT2D eigenvalue weighted by Gasteiger charge is 2.23. The number of allylic oxidation sites excluding steroid dienone is 4. The normalized spacial score (nSPS) is 21.0. The molecule has 0 radical (unpaired) electrons. The minimum absolute atomic E-state index is 0.0343. The molecular formula is C20H22FNO2. The molecule has 0 aromatic heterocycles. The number of rotatable bonds is 6. The van der Waals surface area contributed by atoms with Crippen LogP contribution in [0.3, 0.4) is 0 Å². The van der Waals surface area contributed by atoms with Crippen LogP contribution in [0.2, 0.25) is 0 Å².